The van der Waals surface area contributed by atoms with Gasteiger partial charge in [0.2, 0.25) is 0 Å². The first kappa shape index (κ1) is 15.1. The number of likely N-dealkylation sites (tertiary alicyclic amines) is 1. The van der Waals surface area contributed by atoms with Gasteiger partial charge in [-0.15, -0.1) is 0 Å². The summed E-state index contributed by atoms with van der Waals surface area (Å²) in [5.41, 5.74) is -0.269. The van der Waals surface area contributed by atoms with Crippen LogP contribution < -0.4 is 0 Å². The Morgan fingerprint density at radius 3 is 2.59 bits per heavy atom. The molecule has 0 atom stereocenters. The predicted molar refractivity (Wildman–Crippen MR) is 84.8 cm³/mol. The number of nitrogens with zero attached hydrogens (tertiary/aromatic N) is 2. The lowest BCUT2D eigenvalue weighted by atomic mass is 9.91. The number of aliphatic hydroxyl groups is 1. The molecule has 1 fully saturated rings. The van der Waals surface area contributed by atoms with Gasteiger partial charge in [0.25, 0.3) is 0 Å². The van der Waals surface area contributed by atoms with Gasteiger partial charge in [0.1, 0.15) is 0 Å². The number of fused-ring (bicyclic) bond motifs is 1. The SMILES string of the molecule is O=C(O)C1(O)CCN(CCCn2ccc3ccccc32)CC1. The predicted octanol–water partition coefficient (Wildman–Crippen LogP) is 1.94. The fourth-order valence-corrected chi connectivity index (χ4v) is 3.16. The average Bonchev–Trinajstić information content (AvgIpc) is 2.93. The van der Waals surface area contributed by atoms with E-state index in [1.165, 1.54) is 10.9 Å². The molecule has 3 rings (SSSR count). The maximum absolute atomic E-state index is 11.0. The second-order valence-electron chi connectivity index (χ2n) is 6.10. The lowest BCUT2D eigenvalue weighted by molar-refractivity contribution is -0.163. The van der Waals surface area contributed by atoms with E-state index in [4.69, 9.17) is 5.11 Å². The second-order valence-corrected chi connectivity index (χ2v) is 6.10. The molecule has 1 aliphatic heterocycles. The molecule has 0 saturated carbocycles. The molecule has 2 heterocycles. The van der Waals surface area contributed by atoms with Crippen LogP contribution in [-0.4, -0.2) is 50.9 Å². The van der Waals surface area contributed by atoms with Gasteiger partial charge >= 0.3 is 5.97 Å². The highest BCUT2D eigenvalue weighted by Crippen LogP contribution is 2.22. The molecule has 0 aliphatic carbocycles. The Balaban J connectivity index is 1.49. The number of hydrogen-bond donors (Lipinski definition) is 2. The fraction of sp³-hybridized carbons (Fsp3) is 0.471. The summed E-state index contributed by atoms with van der Waals surface area (Å²) in [6.07, 6.45) is 3.76. The van der Waals surface area contributed by atoms with Crippen LogP contribution in [0.1, 0.15) is 19.3 Å². The van der Waals surface area contributed by atoms with E-state index in [2.05, 4.69) is 39.9 Å². The number of para-hydroxylation sites is 1. The molecule has 2 N–H and O–H groups in total. The van der Waals surface area contributed by atoms with Crippen molar-refractivity contribution in [1.29, 1.82) is 0 Å². The number of aliphatic carboxylic acids is 1. The lowest BCUT2D eigenvalue weighted by Gasteiger charge is -2.35. The molecule has 22 heavy (non-hydrogen) atoms. The van der Waals surface area contributed by atoms with Crippen LogP contribution in [0.5, 0.6) is 0 Å². The molecule has 5 nitrogen and oxygen atoms in total. The number of piperidine rings is 1. The Kier molecular flexibility index (Phi) is 4.18. The number of benzene rings is 1. The Bertz CT molecular complexity index is 657. The first-order valence-electron chi connectivity index (χ1n) is 7.80. The molecular formula is C17H22N2O3. The molecule has 1 aliphatic rings. The van der Waals surface area contributed by atoms with Crippen molar-refractivity contribution in [3.8, 4) is 0 Å². The van der Waals surface area contributed by atoms with E-state index in [9.17, 15) is 9.90 Å². The zero-order chi connectivity index (χ0) is 15.6. The van der Waals surface area contributed by atoms with Crippen molar-refractivity contribution in [2.75, 3.05) is 19.6 Å². The summed E-state index contributed by atoms with van der Waals surface area (Å²) in [6.45, 7) is 3.18. The molecule has 118 valence electrons. The van der Waals surface area contributed by atoms with Crippen molar-refractivity contribution in [2.24, 2.45) is 0 Å². The normalized spacial score (nSPS) is 18.6. The van der Waals surface area contributed by atoms with Gasteiger partial charge in [-0.05, 0) is 43.3 Å². The van der Waals surface area contributed by atoms with Crippen molar-refractivity contribution < 1.29 is 15.0 Å². The smallest absolute Gasteiger partial charge is 0.335 e. The maximum atomic E-state index is 11.0. The largest absolute Gasteiger partial charge is 0.479 e. The quantitative estimate of drug-likeness (QED) is 0.886. The van der Waals surface area contributed by atoms with Crippen LogP contribution in [0.4, 0.5) is 0 Å². The van der Waals surface area contributed by atoms with E-state index < -0.39 is 11.6 Å². The van der Waals surface area contributed by atoms with Crippen LogP contribution >= 0.6 is 0 Å². The fourth-order valence-electron chi connectivity index (χ4n) is 3.16. The third-order valence-corrected chi connectivity index (χ3v) is 4.63. The highest BCUT2D eigenvalue weighted by atomic mass is 16.4. The number of rotatable bonds is 5. The van der Waals surface area contributed by atoms with Gasteiger partial charge in [-0.3, -0.25) is 0 Å². The summed E-state index contributed by atoms with van der Waals surface area (Å²) in [7, 11) is 0. The van der Waals surface area contributed by atoms with Gasteiger partial charge in [-0.1, -0.05) is 18.2 Å². The number of carboxylic acid groups (broad SMARTS) is 1. The minimum Gasteiger partial charge on any atom is -0.479 e. The first-order chi connectivity index (χ1) is 10.6. The lowest BCUT2D eigenvalue weighted by Crippen LogP contribution is -2.49. The van der Waals surface area contributed by atoms with E-state index in [1.807, 2.05) is 6.07 Å². The first-order valence-corrected chi connectivity index (χ1v) is 7.80. The number of carboxylic acids is 1. The Morgan fingerprint density at radius 1 is 1.14 bits per heavy atom. The third-order valence-electron chi connectivity index (χ3n) is 4.63. The Hall–Kier alpha value is -1.85. The molecular weight excluding hydrogens is 280 g/mol. The van der Waals surface area contributed by atoms with E-state index in [1.54, 1.807) is 0 Å². The molecule has 0 spiro atoms. The van der Waals surface area contributed by atoms with Crippen molar-refractivity contribution in [3.05, 3.63) is 36.5 Å². The summed E-state index contributed by atoms with van der Waals surface area (Å²) >= 11 is 0. The molecule has 1 saturated heterocycles. The number of hydrogen-bond acceptors (Lipinski definition) is 3. The summed E-state index contributed by atoms with van der Waals surface area (Å²) in [6, 6.07) is 10.5. The van der Waals surface area contributed by atoms with Crippen LogP contribution in [0.25, 0.3) is 10.9 Å². The second kappa shape index (κ2) is 6.10. The summed E-state index contributed by atoms with van der Waals surface area (Å²) in [5.74, 6) is -1.09. The molecule has 1 aromatic heterocycles. The van der Waals surface area contributed by atoms with Gasteiger partial charge in [0.15, 0.2) is 5.60 Å². The van der Waals surface area contributed by atoms with Crippen molar-refractivity contribution in [3.63, 3.8) is 0 Å². The Morgan fingerprint density at radius 2 is 1.86 bits per heavy atom. The van der Waals surface area contributed by atoms with E-state index >= 15 is 0 Å². The van der Waals surface area contributed by atoms with Crippen molar-refractivity contribution in [1.82, 2.24) is 9.47 Å². The molecule has 0 unspecified atom stereocenters. The minimum absolute atomic E-state index is 0.314. The van der Waals surface area contributed by atoms with Crippen molar-refractivity contribution >= 4 is 16.9 Å². The van der Waals surface area contributed by atoms with Crippen LogP contribution in [0.15, 0.2) is 36.5 Å². The van der Waals surface area contributed by atoms with Crippen LogP contribution in [0.2, 0.25) is 0 Å². The maximum Gasteiger partial charge on any atom is 0.335 e. The minimum atomic E-state index is -1.52. The standard InChI is InChI=1S/C17H22N2O3/c20-16(21)17(22)7-12-18(13-8-17)9-3-10-19-11-6-14-4-1-2-5-15(14)19/h1-2,4-6,11,22H,3,7-10,12-13H2,(H,20,21). The average molecular weight is 302 g/mol. The highest BCUT2D eigenvalue weighted by molar-refractivity contribution is 5.79. The van der Waals surface area contributed by atoms with Crippen LogP contribution in [-0.2, 0) is 11.3 Å². The third kappa shape index (κ3) is 3.00. The molecule has 1 aromatic carbocycles. The topological polar surface area (TPSA) is 65.7 Å². The van der Waals surface area contributed by atoms with Gasteiger partial charge < -0.3 is 19.7 Å². The number of aromatic nitrogens is 1. The van der Waals surface area contributed by atoms with E-state index in [0.717, 1.165) is 19.5 Å². The van der Waals surface area contributed by atoms with E-state index in [0.29, 0.717) is 25.9 Å². The van der Waals surface area contributed by atoms with Crippen LogP contribution in [0, 0.1) is 0 Å². The number of aryl methyl sites for hydroxylation is 1. The summed E-state index contributed by atoms with van der Waals surface area (Å²) in [4.78, 5) is 13.2. The van der Waals surface area contributed by atoms with Crippen LogP contribution in [0.3, 0.4) is 0 Å². The molecule has 0 radical (unpaired) electrons. The number of carbonyl (C=O) groups is 1. The summed E-state index contributed by atoms with van der Waals surface area (Å²) < 4.78 is 2.26. The monoisotopic (exact) mass is 302 g/mol. The zero-order valence-corrected chi connectivity index (χ0v) is 12.6. The van der Waals surface area contributed by atoms with Gasteiger partial charge in [0, 0.05) is 31.3 Å². The molecule has 0 bridgehead atoms. The van der Waals surface area contributed by atoms with Gasteiger partial charge in [0.05, 0.1) is 0 Å². The molecule has 2 aromatic rings. The van der Waals surface area contributed by atoms with E-state index in [-0.39, 0.29) is 0 Å². The van der Waals surface area contributed by atoms with Gasteiger partial charge in [-0.25, -0.2) is 4.79 Å². The molecule has 5 heteroatoms. The summed E-state index contributed by atoms with van der Waals surface area (Å²) in [5, 5.41) is 20.2. The zero-order valence-electron chi connectivity index (χ0n) is 12.6. The van der Waals surface area contributed by atoms with Gasteiger partial charge in [-0.2, -0.15) is 0 Å². The molecule has 0 amide bonds. The highest BCUT2D eigenvalue weighted by Gasteiger charge is 2.39. The Labute approximate surface area is 129 Å². The van der Waals surface area contributed by atoms with Crippen molar-refractivity contribution in [2.45, 2.75) is 31.4 Å².